The predicted molar refractivity (Wildman–Crippen MR) is 112 cm³/mol. The van der Waals surface area contributed by atoms with Crippen LogP contribution in [0.1, 0.15) is 55.4 Å². The zero-order valence-corrected chi connectivity index (χ0v) is 17.6. The molecule has 0 saturated carbocycles. The molecule has 0 atom stereocenters. The number of aromatic nitrogens is 3. The third kappa shape index (κ3) is 5.88. The zero-order chi connectivity index (χ0) is 21.7. The summed E-state index contributed by atoms with van der Waals surface area (Å²) in [6, 6.07) is 1.93. The van der Waals surface area contributed by atoms with E-state index in [1.165, 1.54) is 6.20 Å². The fourth-order valence-corrected chi connectivity index (χ4v) is 3.27. The molecule has 0 unspecified atom stereocenters. The van der Waals surface area contributed by atoms with Gasteiger partial charge in [-0.1, -0.05) is 0 Å². The minimum absolute atomic E-state index is 0.105. The molecule has 160 valence electrons. The molecule has 0 radical (unpaired) electrons. The van der Waals surface area contributed by atoms with E-state index in [1.807, 2.05) is 26.8 Å². The summed E-state index contributed by atoms with van der Waals surface area (Å²) in [6.07, 6.45) is 8.09. The van der Waals surface area contributed by atoms with Crippen molar-refractivity contribution in [2.45, 2.75) is 51.7 Å². The minimum Gasteiger partial charge on any atom is -0.444 e. The highest BCUT2D eigenvalue weighted by molar-refractivity contribution is 5.98. The Morgan fingerprint density at radius 3 is 2.50 bits per heavy atom. The van der Waals surface area contributed by atoms with E-state index < -0.39 is 11.5 Å². The number of nitrogens with zero attached hydrogens (tertiary/aromatic N) is 4. The van der Waals surface area contributed by atoms with Crippen molar-refractivity contribution in [2.24, 2.45) is 5.73 Å². The lowest BCUT2D eigenvalue weighted by atomic mass is 10.0. The summed E-state index contributed by atoms with van der Waals surface area (Å²) in [4.78, 5) is 38.5. The van der Waals surface area contributed by atoms with Crippen LogP contribution in [0.5, 0.6) is 0 Å². The Kier molecular flexibility index (Phi) is 6.49. The summed E-state index contributed by atoms with van der Waals surface area (Å²) in [5, 5.41) is 3.41. The Labute approximate surface area is 176 Å². The number of rotatable bonds is 5. The van der Waals surface area contributed by atoms with Crippen LogP contribution in [0.2, 0.25) is 0 Å². The van der Waals surface area contributed by atoms with Gasteiger partial charge in [-0.3, -0.25) is 19.7 Å². The average Bonchev–Trinajstić information content (AvgIpc) is 2.68. The van der Waals surface area contributed by atoms with E-state index in [-0.39, 0.29) is 12.1 Å². The van der Waals surface area contributed by atoms with Crippen LogP contribution in [0, 0.1) is 0 Å². The molecule has 2 aromatic rings. The summed E-state index contributed by atoms with van der Waals surface area (Å²) in [7, 11) is 0. The maximum absolute atomic E-state index is 12.2. The quantitative estimate of drug-likeness (QED) is 0.773. The molecule has 1 aliphatic rings. The van der Waals surface area contributed by atoms with Gasteiger partial charge in [-0.25, -0.2) is 4.79 Å². The van der Waals surface area contributed by atoms with Crippen LogP contribution in [-0.4, -0.2) is 56.6 Å². The Bertz CT molecular complexity index is 889. The second kappa shape index (κ2) is 9.06. The smallest absolute Gasteiger partial charge is 0.410 e. The molecule has 30 heavy (non-hydrogen) atoms. The lowest BCUT2D eigenvalue weighted by Gasteiger charge is -2.34. The monoisotopic (exact) mass is 412 g/mol. The van der Waals surface area contributed by atoms with Gasteiger partial charge in [0.25, 0.3) is 5.91 Å². The number of likely N-dealkylation sites (tertiary alicyclic amines) is 1. The highest BCUT2D eigenvalue weighted by Crippen LogP contribution is 2.22. The first-order valence-electron chi connectivity index (χ1n) is 9.99. The van der Waals surface area contributed by atoms with Gasteiger partial charge in [0.05, 0.1) is 16.9 Å². The number of anilines is 1. The number of primary amides is 1. The molecule has 3 heterocycles. The lowest BCUT2D eigenvalue weighted by Crippen LogP contribution is -2.44. The number of nitrogens with two attached hydrogens (primary N) is 1. The van der Waals surface area contributed by atoms with Gasteiger partial charge in [-0.2, -0.15) is 0 Å². The lowest BCUT2D eigenvalue weighted by molar-refractivity contribution is 0.0210. The van der Waals surface area contributed by atoms with Gasteiger partial charge in [0.15, 0.2) is 0 Å². The topological polar surface area (TPSA) is 123 Å². The van der Waals surface area contributed by atoms with Gasteiger partial charge in [-0.05, 0) is 39.7 Å². The number of nitrogens with one attached hydrogen (secondary N) is 1. The van der Waals surface area contributed by atoms with Gasteiger partial charge in [0, 0.05) is 56.0 Å². The molecule has 0 aliphatic carbocycles. The zero-order valence-electron chi connectivity index (χ0n) is 17.6. The van der Waals surface area contributed by atoms with Crippen molar-refractivity contribution < 1.29 is 14.3 Å². The van der Waals surface area contributed by atoms with Crippen LogP contribution in [-0.2, 0) is 11.2 Å². The van der Waals surface area contributed by atoms with Crippen molar-refractivity contribution in [2.75, 3.05) is 18.4 Å². The minimum atomic E-state index is -0.540. The van der Waals surface area contributed by atoms with Crippen LogP contribution in [0.4, 0.5) is 10.5 Å². The van der Waals surface area contributed by atoms with Crippen molar-refractivity contribution >= 4 is 17.7 Å². The molecule has 9 nitrogen and oxygen atoms in total. The Balaban J connectivity index is 1.66. The molecule has 1 aliphatic heterocycles. The third-order valence-corrected chi connectivity index (χ3v) is 4.71. The summed E-state index contributed by atoms with van der Waals surface area (Å²) in [5.74, 6) is -0.540. The number of ether oxygens (including phenoxy) is 1. The Hall–Kier alpha value is -3.23. The first-order chi connectivity index (χ1) is 14.2. The molecule has 1 saturated heterocycles. The van der Waals surface area contributed by atoms with E-state index in [0.717, 1.165) is 24.2 Å². The Morgan fingerprint density at radius 2 is 1.90 bits per heavy atom. The summed E-state index contributed by atoms with van der Waals surface area (Å²) in [5.41, 5.74) is 7.55. The van der Waals surface area contributed by atoms with Crippen LogP contribution >= 0.6 is 0 Å². The largest absolute Gasteiger partial charge is 0.444 e. The molecule has 0 aromatic carbocycles. The fourth-order valence-electron chi connectivity index (χ4n) is 3.27. The standard InChI is InChI=1S/C21H28N6O3/c1-21(2,3)30-20(29)27-8-4-14(5-9-27)26-18-11-15(25-13-17(18)19(22)28)10-16-12-23-6-7-24-16/h6-7,11-14H,4-5,8-10H2,1-3H3,(H2,22,28)(H,25,26). The summed E-state index contributed by atoms with van der Waals surface area (Å²) < 4.78 is 5.44. The number of piperidine rings is 1. The van der Waals surface area contributed by atoms with E-state index in [0.29, 0.717) is 30.8 Å². The van der Waals surface area contributed by atoms with Gasteiger partial charge in [-0.15, -0.1) is 0 Å². The van der Waals surface area contributed by atoms with Gasteiger partial charge in [0.2, 0.25) is 0 Å². The van der Waals surface area contributed by atoms with Gasteiger partial charge < -0.3 is 20.7 Å². The van der Waals surface area contributed by atoms with Crippen molar-refractivity contribution in [1.82, 2.24) is 19.9 Å². The third-order valence-electron chi connectivity index (χ3n) is 4.71. The number of pyridine rings is 1. The summed E-state index contributed by atoms with van der Waals surface area (Å²) >= 11 is 0. The Morgan fingerprint density at radius 1 is 1.17 bits per heavy atom. The molecule has 2 aromatic heterocycles. The predicted octanol–water partition coefficient (Wildman–Crippen LogP) is 2.37. The van der Waals surface area contributed by atoms with Gasteiger partial charge >= 0.3 is 6.09 Å². The molecule has 3 rings (SSSR count). The number of carbonyl (C=O) groups is 2. The van der Waals surface area contributed by atoms with Crippen molar-refractivity contribution in [3.63, 3.8) is 0 Å². The van der Waals surface area contributed by atoms with Crippen molar-refractivity contribution in [1.29, 1.82) is 0 Å². The van der Waals surface area contributed by atoms with Crippen LogP contribution in [0.3, 0.4) is 0 Å². The molecule has 2 amide bonds. The maximum Gasteiger partial charge on any atom is 0.410 e. The SMILES string of the molecule is CC(C)(C)OC(=O)N1CCC(Nc2cc(Cc3cnccn3)ncc2C(N)=O)CC1. The van der Waals surface area contributed by atoms with E-state index in [2.05, 4.69) is 20.3 Å². The maximum atomic E-state index is 12.2. The molecule has 9 heteroatoms. The van der Waals surface area contributed by atoms with Crippen LogP contribution in [0.25, 0.3) is 0 Å². The molecule has 1 fully saturated rings. The first-order valence-corrected chi connectivity index (χ1v) is 9.99. The molecular formula is C21H28N6O3. The number of carbonyl (C=O) groups excluding carboxylic acids is 2. The highest BCUT2D eigenvalue weighted by Gasteiger charge is 2.27. The number of amides is 2. The molecule has 0 bridgehead atoms. The normalized spacial score (nSPS) is 15.0. The van der Waals surface area contributed by atoms with E-state index in [4.69, 9.17) is 10.5 Å². The molecule has 0 spiro atoms. The first kappa shape index (κ1) is 21.5. The second-order valence-electron chi connectivity index (χ2n) is 8.35. The molecule has 3 N–H and O–H groups in total. The van der Waals surface area contributed by atoms with E-state index in [1.54, 1.807) is 23.5 Å². The van der Waals surface area contributed by atoms with Crippen LogP contribution < -0.4 is 11.1 Å². The van der Waals surface area contributed by atoms with Crippen LogP contribution in [0.15, 0.2) is 30.9 Å². The van der Waals surface area contributed by atoms with Crippen molar-refractivity contribution in [3.8, 4) is 0 Å². The number of hydrogen-bond donors (Lipinski definition) is 2. The molecular weight excluding hydrogens is 384 g/mol. The number of hydrogen-bond acceptors (Lipinski definition) is 7. The average molecular weight is 412 g/mol. The summed E-state index contributed by atoms with van der Waals surface area (Å²) in [6.45, 7) is 6.72. The van der Waals surface area contributed by atoms with E-state index >= 15 is 0 Å². The van der Waals surface area contributed by atoms with Gasteiger partial charge in [0.1, 0.15) is 5.60 Å². The highest BCUT2D eigenvalue weighted by atomic mass is 16.6. The van der Waals surface area contributed by atoms with Crippen molar-refractivity contribution in [3.05, 3.63) is 47.8 Å². The second-order valence-corrected chi connectivity index (χ2v) is 8.35. The van der Waals surface area contributed by atoms with E-state index in [9.17, 15) is 9.59 Å². The fraction of sp³-hybridized carbons (Fsp3) is 0.476.